The number of imide groups is 1. The lowest BCUT2D eigenvalue weighted by Gasteiger charge is -2.32. The normalized spacial score (nSPS) is 16.0. The highest BCUT2D eigenvalue weighted by atomic mass is 16.2. The number of urea groups is 1. The summed E-state index contributed by atoms with van der Waals surface area (Å²) >= 11 is 0. The molecule has 0 unspecified atom stereocenters. The third-order valence-corrected chi connectivity index (χ3v) is 6.11. The Morgan fingerprint density at radius 2 is 1.67 bits per heavy atom. The van der Waals surface area contributed by atoms with E-state index in [4.69, 9.17) is 0 Å². The molecule has 1 fully saturated rings. The van der Waals surface area contributed by atoms with Gasteiger partial charge in [0.2, 0.25) is 5.91 Å². The van der Waals surface area contributed by atoms with Crippen molar-refractivity contribution in [2.24, 2.45) is 0 Å². The summed E-state index contributed by atoms with van der Waals surface area (Å²) in [6, 6.07) is 14.3. The lowest BCUT2D eigenvalue weighted by atomic mass is 10.0. The number of carbonyl (C=O) groups is 4. The van der Waals surface area contributed by atoms with E-state index < -0.39 is 0 Å². The maximum atomic E-state index is 12.6. The number of amides is 5. The van der Waals surface area contributed by atoms with Crippen LogP contribution in [-0.2, 0) is 4.79 Å². The molecular weight excluding hydrogens is 420 g/mol. The van der Waals surface area contributed by atoms with Crippen LogP contribution in [0.2, 0.25) is 0 Å². The maximum Gasteiger partial charge on any atom is 0.319 e. The van der Waals surface area contributed by atoms with Crippen LogP contribution in [0.5, 0.6) is 0 Å². The lowest BCUT2D eigenvalue weighted by molar-refractivity contribution is -0.132. The maximum absolute atomic E-state index is 12.6. The summed E-state index contributed by atoms with van der Waals surface area (Å²) < 4.78 is 0. The largest absolute Gasteiger partial charge is 0.343 e. The summed E-state index contributed by atoms with van der Waals surface area (Å²) in [7, 11) is 0. The molecule has 0 bridgehead atoms. The lowest BCUT2D eigenvalue weighted by Crippen LogP contribution is -2.47. The number of carbonyl (C=O) groups excluding carboxylic acids is 4. The van der Waals surface area contributed by atoms with E-state index in [0.29, 0.717) is 43.5 Å². The van der Waals surface area contributed by atoms with Crippen LogP contribution in [0.25, 0.3) is 0 Å². The number of likely N-dealkylation sites (tertiary alicyclic amines) is 1. The molecule has 2 heterocycles. The highest BCUT2D eigenvalue weighted by molar-refractivity contribution is 6.21. The van der Waals surface area contributed by atoms with Gasteiger partial charge in [-0.3, -0.25) is 19.3 Å². The average Bonchev–Trinajstić information content (AvgIpc) is 3.04. The summed E-state index contributed by atoms with van der Waals surface area (Å²) in [5.41, 5.74) is 2.54. The van der Waals surface area contributed by atoms with Crippen molar-refractivity contribution in [2.75, 3.05) is 25.0 Å². The fourth-order valence-corrected chi connectivity index (χ4v) is 4.30. The van der Waals surface area contributed by atoms with Gasteiger partial charge in [0.15, 0.2) is 0 Å². The van der Waals surface area contributed by atoms with Gasteiger partial charge in [-0.25, -0.2) is 4.79 Å². The smallest absolute Gasteiger partial charge is 0.319 e. The Morgan fingerprint density at radius 3 is 2.39 bits per heavy atom. The predicted molar refractivity (Wildman–Crippen MR) is 124 cm³/mol. The number of aryl methyl sites for hydroxylation is 1. The first kappa shape index (κ1) is 22.5. The molecule has 2 aliphatic heterocycles. The van der Waals surface area contributed by atoms with Gasteiger partial charge < -0.3 is 15.5 Å². The molecule has 0 aliphatic carbocycles. The van der Waals surface area contributed by atoms with Crippen molar-refractivity contribution in [3.63, 3.8) is 0 Å². The number of rotatable bonds is 6. The van der Waals surface area contributed by atoms with Crippen molar-refractivity contribution >= 4 is 29.4 Å². The fraction of sp³-hybridized carbons (Fsp3) is 0.360. The predicted octanol–water partition coefficient (Wildman–Crippen LogP) is 3.18. The minimum Gasteiger partial charge on any atom is -0.343 e. The van der Waals surface area contributed by atoms with Gasteiger partial charge >= 0.3 is 6.03 Å². The van der Waals surface area contributed by atoms with Crippen LogP contribution in [0.1, 0.15) is 52.0 Å². The molecule has 1 saturated heterocycles. The van der Waals surface area contributed by atoms with Gasteiger partial charge in [-0.2, -0.15) is 0 Å². The molecule has 0 spiro atoms. The summed E-state index contributed by atoms with van der Waals surface area (Å²) in [4.78, 5) is 52.8. The first-order valence-electron chi connectivity index (χ1n) is 11.3. The highest BCUT2D eigenvalue weighted by Crippen LogP contribution is 2.24. The first-order valence-corrected chi connectivity index (χ1v) is 11.3. The highest BCUT2D eigenvalue weighted by Gasteiger charge is 2.35. The molecule has 8 heteroatoms. The van der Waals surface area contributed by atoms with Crippen molar-refractivity contribution in [2.45, 2.75) is 38.6 Å². The molecule has 0 atom stereocenters. The van der Waals surface area contributed by atoms with E-state index in [1.807, 2.05) is 43.3 Å². The quantitative estimate of drug-likeness (QED) is 0.663. The van der Waals surface area contributed by atoms with E-state index in [2.05, 4.69) is 10.6 Å². The van der Waals surface area contributed by atoms with Crippen molar-refractivity contribution in [1.82, 2.24) is 15.1 Å². The molecule has 0 aromatic heterocycles. The zero-order chi connectivity index (χ0) is 23.4. The van der Waals surface area contributed by atoms with Gasteiger partial charge in [0, 0.05) is 37.8 Å². The van der Waals surface area contributed by atoms with Crippen LogP contribution >= 0.6 is 0 Å². The molecule has 0 saturated carbocycles. The Hall–Kier alpha value is -3.68. The Balaban J connectivity index is 1.18. The van der Waals surface area contributed by atoms with E-state index in [1.54, 1.807) is 17.0 Å². The Kier molecular flexibility index (Phi) is 6.72. The Bertz CT molecular complexity index is 1060. The van der Waals surface area contributed by atoms with E-state index in [9.17, 15) is 19.2 Å². The molecule has 2 aromatic rings. The van der Waals surface area contributed by atoms with Crippen molar-refractivity contribution < 1.29 is 19.2 Å². The average molecular weight is 449 g/mol. The Morgan fingerprint density at radius 1 is 0.970 bits per heavy atom. The summed E-state index contributed by atoms with van der Waals surface area (Å²) in [5, 5.41) is 5.76. The first-order chi connectivity index (χ1) is 15.9. The molecule has 5 amide bonds. The second-order valence-corrected chi connectivity index (χ2v) is 8.53. The van der Waals surface area contributed by atoms with Crippen LogP contribution in [0, 0.1) is 6.92 Å². The number of nitrogens with one attached hydrogen (secondary N) is 2. The minimum absolute atomic E-state index is 0.00893. The number of piperidine rings is 1. The Labute approximate surface area is 192 Å². The summed E-state index contributed by atoms with van der Waals surface area (Å²) in [6.07, 6.45) is 2.08. The second kappa shape index (κ2) is 9.85. The van der Waals surface area contributed by atoms with Gasteiger partial charge in [-0.05, 0) is 50.5 Å². The number of benzene rings is 2. The second-order valence-electron chi connectivity index (χ2n) is 8.53. The van der Waals surface area contributed by atoms with Gasteiger partial charge in [0.05, 0.1) is 11.1 Å². The molecule has 4 rings (SSSR count). The van der Waals surface area contributed by atoms with Crippen LogP contribution in [0.4, 0.5) is 10.5 Å². The molecule has 8 nitrogen and oxygen atoms in total. The van der Waals surface area contributed by atoms with Crippen molar-refractivity contribution in [1.29, 1.82) is 0 Å². The molecule has 2 aromatic carbocycles. The van der Waals surface area contributed by atoms with E-state index in [-0.39, 0.29) is 42.8 Å². The van der Waals surface area contributed by atoms with Crippen LogP contribution < -0.4 is 10.6 Å². The van der Waals surface area contributed by atoms with Gasteiger partial charge in [0.25, 0.3) is 11.8 Å². The SMILES string of the molecule is Cc1ccc2c(c1)C(=O)N(CCCC(=O)N1CCC(NC(=O)Nc3ccccc3)CC1)C2=O. The number of anilines is 1. The number of hydrogen-bond acceptors (Lipinski definition) is 4. The molecule has 2 N–H and O–H groups in total. The minimum atomic E-state index is -0.289. The number of para-hydroxylation sites is 1. The molecule has 172 valence electrons. The van der Waals surface area contributed by atoms with Gasteiger partial charge in [-0.1, -0.05) is 29.8 Å². The molecule has 0 radical (unpaired) electrons. The van der Waals surface area contributed by atoms with Crippen molar-refractivity contribution in [3.05, 3.63) is 65.2 Å². The van der Waals surface area contributed by atoms with Crippen LogP contribution in [0.3, 0.4) is 0 Å². The van der Waals surface area contributed by atoms with Gasteiger partial charge in [0.1, 0.15) is 0 Å². The topological polar surface area (TPSA) is 98.8 Å². The van der Waals surface area contributed by atoms with Crippen molar-refractivity contribution in [3.8, 4) is 0 Å². The monoisotopic (exact) mass is 448 g/mol. The number of hydrogen-bond donors (Lipinski definition) is 2. The standard InChI is InChI=1S/C25H28N4O4/c1-17-9-10-20-21(16-17)24(32)29(23(20)31)13-5-8-22(30)28-14-11-19(12-15-28)27-25(33)26-18-6-3-2-4-7-18/h2-4,6-7,9-10,16,19H,5,8,11-15H2,1H3,(H2,26,27,33). The summed E-state index contributed by atoms with van der Waals surface area (Å²) in [5.74, 6) is -0.565. The molecule has 2 aliphatic rings. The third kappa shape index (κ3) is 5.22. The number of nitrogens with zero attached hydrogens (tertiary/aromatic N) is 2. The third-order valence-electron chi connectivity index (χ3n) is 6.11. The van der Waals surface area contributed by atoms with E-state index >= 15 is 0 Å². The van der Waals surface area contributed by atoms with E-state index in [1.165, 1.54) is 4.90 Å². The zero-order valence-electron chi connectivity index (χ0n) is 18.7. The fourth-order valence-electron chi connectivity index (χ4n) is 4.30. The van der Waals surface area contributed by atoms with Gasteiger partial charge in [-0.15, -0.1) is 0 Å². The molecular formula is C25H28N4O4. The zero-order valence-corrected chi connectivity index (χ0v) is 18.7. The van der Waals surface area contributed by atoms with E-state index in [0.717, 1.165) is 11.3 Å². The summed E-state index contributed by atoms with van der Waals surface area (Å²) in [6.45, 7) is 3.26. The number of fused-ring (bicyclic) bond motifs is 1. The van der Waals surface area contributed by atoms with Crippen LogP contribution in [0.15, 0.2) is 48.5 Å². The molecule has 33 heavy (non-hydrogen) atoms. The van der Waals surface area contributed by atoms with Crippen LogP contribution in [-0.4, -0.2) is 59.2 Å².